The summed E-state index contributed by atoms with van der Waals surface area (Å²) in [4.78, 5) is 0. The fraction of sp³-hybridized carbons (Fsp3) is 1.00. The first kappa shape index (κ1) is 20.9. The summed E-state index contributed by atoms with van der Waals surface area (Å²) in [6, 6.07) is 0. The number of nitrogens with zero attached hydrogens (tertiary/aromatic N) is 1. The molecule has 1 nitrogen and oxygen atoms in total. The maximum absolute atomic E-state index is 3.00. The minimum absolute atomic E-state index is 0.258. The van der Waals surface area contributed by atoms with E-state index in [1.54, 1.807) is 25.7 Å². The van der Waals surface area contributed by atoms with E-state index in [1.165, 1.54) is 19.3 Å². The lowest BCUT2D eigenvalue weighted by Gasteiger charge is -2.58. The van der Waals surface area contributed by atoms with Crippen LogP contribution in [0, 0.1) is 29.6 Å². The van der Waals surface area contributed by atoms with E-state index in [9.17, 15) is 0 Å². The second-order valence-electron chi connectivity index (χ2n) is 12.7. The molecule has 3 aliphatic rings. The molecule has 3 aliphatic carbocycles. The van der Waals surface area contributed by atoms with E-state index >= 15 is 0 Å². The molecule has 0 aromatic heterocycles. The third-order valence-corrected chi connectivity index (χ3v) is 13.5. The summed E-state index contributed by atoms with van der Waals surface area (Å²) in [6.07, 6.45) is 10.7. The first-order valence-electron chi connectivity index (χ1n) is 11.7. The quantitative estimate of drug-likeness (QED) is 0.455. The first-order valence-corrected chi connectivity index (χ1v) is 14.7. The fourth-order valence-corrected chi connectivity index (χ4v) is 15.7. The van der Waals surface area contributed by atoms with Crippen LogP contribution in [0.25, 0.3) is 0 Å². The Labute approximate surface area is 165 Å². The monoisotopic (exact) mass is 377 g/mol. The van der Waals surface area contributed by atoms with Gasteiger partial charge in [0.2, 0.25) is 0 Å². The van der Waals surface area contributed by atoms with Crippen LogP contribution in [0.1, 0.15) is 93.4 Å². The van der Waals surface area contributed by atoms with Gasteiger partial charge in [0.05, 0.1) is 0 Å². The number of hydrogen-bond donors (Lipinski definition) is 0. The van der Waals surface area contributed by atoms with Crippen LogP contribution in [0.4, 0.5) is 0 Å². The Bertz CT molecular complexity index is 483. The molecule has 0 N–H and O–H groups in total. The largest absolute Gasteiger partial charge is 0.314 e. The molecule has 152 valence electrons. The van der Waals surface area contributed by atoms with Gasteiger partial charge in [-0.2, -0.15) is 0 Å². The van der Waals surface area contributed by atoms with Crippen LogP contribution < -0.4 is 0 Å². The summed E-state index contributed by atoms with van der Waals surface area (Å²) in [5, 5.41) is 0. The zero-order valence-electron chi connectivity index (χ0n) is 19.4. The molecule has 0 amide bonds. The van der Waals surface area contributed by atoms with Gasteiger partial charge >= 0.3 is 0 Å². The number of hydrogen-bond acceptors (Lipinski definition) is 1. The van der Waals surface area contributed by atoms with Crippen LogP contribution in [0.5, 0.6) is 0 Å². The average molecular weight is 378 g/mol. The summed E-state index contributed by atoms with van der Waals surface area (Å²) in [5.41, 5.74) is 1.50. The van der Waals surface area contributed by atoms with Crippen LogP contribution >= 0.6 is 0 Å². The third kappa shape index (κ3) is 3.59. The van der Waals surface area contributed by atoms with Crippen molar-refractivity contribution in [1.82, 2.24) is 4.57 Å². The Hall–Kier alpha value is 0.177. The second-order valence-corrected chi connectivity index (χ2v) is 17.1. The molecule has 0 heterocycles. The van der Waals surface area contributed by atoms with E-state index in [0.717, 1.165) is 35.1 Å². The molecule has 6 atom stereocenters. The van der Waals surface area contributed by atoms with Gasteiger partial charge in [0.25, 0.3) is 0 Å². The molecule has 3 fully saturated rings. The fourth-order valence-electron chi connectivity index (χ4n) is 8.99. The van der Waals surface area contributed by atoms with Crippen molar-refractivity contribution in [3.63, 3.8) is 0 Å². The van der Waals surface area contributed by atoms with Gasteiger partial charge in [-0.1, -0.05) is 39.3 Å². The molecule has 0 bridgehead atoms. The topological polar surface area (TPSA) is 3.24 Å². The van der Waals surface area contributed by atoms with Crippen molar-refractivity contribution >= 4 is 8.24 Å². The predicted molar refractivity (Wildman–Crippen MR) is 118 cm³/mol. The minimum Gasteiger partial charge on any atom is -0.314 e. The molecular weight excluding hydrogens is 330 g/mol. The summed E-state index contributed by atoms with van der Waals surface area (Å²) in [5.74, 6) is 5.18. The van der Waals surface area contributed by atoms with Crippen molar-refractivity contribution in [3.8, 4) is 0 Å². The molecule has 0 spiro atoms. The number of fused-ring (bicyclic) bond motifs is 3. The van der Waals surface area contributed by atoms with Gasteiger partial charge < -0.3 is 4.57 Å². The van der Waals surface area contributed by atoms with Crippen molar-refractivity contribution in [2.75, 3.05) is 0 Å². The lowest BCUT2D eigenvalue weighted by atomic mass is 9.62. The molecule has 0 aliphatic heterocycles. The van der Waals surface area contributed by atoms with Crippen LogP contribution in [0.3, 0.4) is 0 Å². The van der Waals surface area contributed by atoms with Gasteiger partial charge in [-0.05, 0) is 102 Å². The summed E-state index contributed by atoms with van der Waals surface area (Å²) in [6.45, 7) is 22.8. The van der Waals surface area contributed by atoms with Gasteiger partial charge in [0.1, 0.15) is 8.24 Å². The molecule has 0 radical (unpaired) electrons. The zero-order valence-corrected chi connectivity index (χ0v) is 20.4. The summed E-state index contributed by atoms with van der Waals surface area (Å²) in [7, 11) is -1.57. The lowest BCUT2D eigenvalue weighted by Crippen LogP contribution is -2.67. The summed E-state index contributed by atoms with van der Waals surface area (Å²) >= 11 is 0. The van der Waals surface area contributed by atoms with E-state index in [0.29, 0.717) is 0 Å². The predicted octanol–water partition coefficient (Wildman–Crippen LogP) is 7.33. The van der Waals surface area contributed by atoms with Crippen LogP contribution in [-0.4, -0.2) is 23.9 Å². The Morgan fingerprint density at radius 2 is 1.31 bits per heavy atom. The highest BCUT2D eigenvalue weighted by molar-refractivity contribution is 6.76. The van der Waals surface area contributed by atoms with Crippen LogP contribution in [0.15, 0.2) is 0 Å². The normalized spacial score (nSPS) is 39.0. The Morgan fingerprint density at radius 1 is 0.731 bits per heavy atom. The van der Waals surface area contributed by atoms with E-state index in [1.807, 2.05) is 0 Å². The Morgan fingerprint density at radius 3 is 1.88 bits per heavy atom. The van der Waals surface area contributed by atoms with Crippen molar-refractivity contribution in [3.05, 3.63) is 0 Å². The smallest absolute Gasteiger partial charge is 0.126 e. The van der Waals surface area contributed by atoms with Crippen molar-refractivity contribution < 1.29 is 0 Å². The maximum Gasteiger partial charge on any atom is 0.126 e. The maximum atomic E-state index is 3.00. The Balaban J connectivity index is 1.92. The van der Waals surface area contributed by atoms with Crippen molar-refractivity contribution in [2.24, 2.45) is 29.6 Å². The van der Waals surface area contributed by atoms with E-state index in [-0.39, 0.29) is 11.1 Å². The first-order chi connectivity index (χ1) is 11.8. The molecule has 2 heteroatoms. The van der Waals surface area contributed by atoms with Gasteiger partial charge in [-0.3, -0.25) is 0 Å². The summed E-state index contributed by atoms with van der Waals surface area (Å²) < 4.78 is 3.00. The molecular formula is C24H47NSi. The van der Waals surface area contributed by atoms with Crippen LogP contribution in [0.2, 0.25) is 18.6 Å². The molecule has 26 heavy (non-hydrogen) atoms. The molecule has 0 aromatic rings. The van der Waals surface area contributed by atoms with E-state index < -0.39 is 8.24 Å². The Kier molecular flexibility index (Phi) is 5.55. The van der Waals surface area contributed by atoms with E-state index in [2.05, 4.69) is 66.1 Å². The van der Waals surface area contributed by atoms with E-state index in [4.69, 9.17) is 0 Å². The molecule has 0 saturated heterocycles. The van der Waals surface area contributed by atoms with Gasteiger partial charge in [-0.15, -0.1) is 0 Å². The second kappa shape index (κ2) is 6.90. The SMILES string of the molecule is CC1CC2C3CCCCC3CCC2C1[Si](C)(C)N(C(C)(C)C)C(C)(C)C. The molecule has 0 aromatic carbocycles. The van der Waals surface area contributed by atoms with Gasteiger partial charge in [0.15, 0.2) is 0 Å². The highest BCUT2D eigenvalue weighted by atomic mass is 28.3. The average Bonchev–Trinajstić information content (AvgIpc) is 2.80. The molecule has 6 unspecified atom stereocenters. The van der Waals surface area contributed by atoms with Crippen LogP contribution in [-0.2, 0) is 0 Å². The van der Waals surface area contributed by atoms with Crippen molar-refractivity contribution in [1.29, 1.82) is 0 Å². The third-order valence-electron chi connectivity index (χ3n) is 8.39. The highest BCUT2D eigenvalue weighted by Gasteiger charge is 2.58. The van der Waals surface area contributed by atoms with Gasteiger partial charge in [0, 0.05) is 11.1 Å². The van der Waals surface area contributed by atoms with Gasteiger partial charge in [-0.25, -0.2) is 0 Å². The van der Waals surface area contributed by atoms with Crippen molar-refractivity contribution in [2.45, 2.75) is 123 Å². The standard InChI is InChI=1S/C24H47NSi/c1-17-16-21-19-13-11-10-12-18(19)14-15-20(21)22(17)26(8,9)25(23(2,3)4)24(5,6)7/h17-22H,10-16H2,1-9H3. The molecule has 3 saturated carbocycles. The zero-order chi connectivity index (χ0) is 19.5. The minimum atomic E-state index is -1.57. The highest BCUT2D eigenvalue weighted by Crippen LogP contribution is 2.62. The number of rotatable bonds is 2. The molecule has 3 rings (SSSR count). The lowest BCUT2D eigenvalue weighted by molar-refractivity contribution is 0.0680.